The molecule has 0 saturated heterocycles. The molecule has 1 unspecified atom stereocenters. The lowest BCUT2D eigenvalue weighted by atomic mass is 10.0. The quantitative estimate of drug-likeness (QED) is 0.154. The number of hydrogen-bond acceptors (Lipinski definition) is 10. The number of rotatable bonds is 11. The van der Waals surface area contributed by atoms with Crippen molar-refractivity contribution >= 4 is 12.2 Å². The summed E-state index contributed by atoms with van der Waals surface area (Å²) in [7, 11) is 3.17. The number of carbonyl (C=O) groups is 1. The van der Waals surface area contributed by atoms with E-state index in [2.05, 4.69) is 9.98 Å². The van der Waals surface area contributed by atoms with Crippen LogP contribution in [-0.2, 0) is 16.1 Å². The summed E-state index contributed by atoms with van der Waals surface area (Å²) in [6, 6.07) is 20.6. The number of pyridine rings is 1. The molecule has 48 heavy (non-hydrogen) atoms. The first-order valence-electron chi connectivity index (χ1n) is 15.3. The van der Waals surface area contributed by atoms with Gasteiger partial charge in [0.1, 0.15) is 24.3 Å². The smallest absolute Gasteiger partial charge is 0.350 e. The predicted octanol–water partition coefficient (Wildman–Crippen LogP) is 7.27. The van der Waals surface area contributed by atoms with Gasteiger partial charge < -0.3 is 23.7 Å². The Morgan fingerprint density at radius 3 is 2.50 bits per heavy atom. The predicted molar refractivity (Wildman–Crippen MR) is 170 cm³/mol. The van der Waals surface area contributed by atoms with Crippen LogP contribution in [0.3, 0.4) is 0 Å². The van der Waals surface area contributed by atoms with E-state index in [1.807, 2.05) is 48.3 Å². The molecule has 0 spiro atoms. The molecule has 2 heterocycles. The molecule has 3 aromatic carbocycles. The largest absolute Gasteiger partial charge is 0.485 e. The van der Waals surface area contributed by atoms with E-state index in [1.165, 1.54) is 31.4 Å². The maximum atomic E-state index is 16.0. The Labute approximate surface area is 276 Å². The van der Waals surface area contributed by atoms with E-state index >= 15 is 8.78 Å². The topological polar surface area (TPSA) is 116 Å². The van der Waals surface area contributed by atoms with Gasteiger partial charge in [0.05, 0.1) is 24.9 Å². The van der Waals surface area contributed by atoms with Crippen molar-refractivity contribution in [2.45, 2.75) is 44.1 Å². The van der Waals surface area contributed by atoms with Gasteiger partial charge in [0.25, 0.3) is 5.88 Å². The van der Waals surface area contributed by atoms with Gasteiger partial charge in [-0.25, -0.2) is 14.2 Å². The molecule has 0 radical (unpaired) electrons. The molecule has 12 heteroatoms. The van der Waals surface area contributed by atoms with Crippen molar-refractivity contribution in [2.75, 3.05) is 20.7 Å². The first-order chi connectivity index (χ1) is 23.3. The molecule has 0 amide bonds. The van der Waals surface area contributed by atoms with Crippen LogP contribution in [0, 0.1) is 23.0 Å². The molecule has 1 atom stereocenters. The zero-order valence-electron chi connectivity index (χ0n) is 26.3. The summed E-state index contributed by atoms with van der Waals surface area (Å²) >= 11 is 0. The standard InChI is InChI=1S/C36H32F2N4O6/c1-42-17-16-40-33(42)26-19-25(48-36(35(43)44-2)14-6-7-15-36)11-13-28(26)46-32-27(37)21-41-34(31(32)38)47-30-18-24(20-39)10-12-29(30)45-22-23-8-4-3-5-9-23/h3-5,8-13,16,18-19,21,33H,6-7,14-15,17,22H2,1-2H3. The fraction of sp³-hybridized carbons (Fsp3) is 0.278. The molecule has 10 nitrogen and oxygen atoms in total. The number of benzene rings is 3. The highest BCUT2D eigenvalue weighted by Crippen LogP contribution is 2.43. The van der Waals surface area contributed by atoms with Gasteiger partial charge in [0, 0.05) is 24.4 Å². The van der Waals surface area contributed by atoms with Crippen LogP contribution in [0.15, 0.2) is 77.9 Å². The number of hydrogen-bond donors (Lipinski definition) is 0. The van der Waals surface area contributed by atoms with Crippen LogP contribution in [0.25, 0.3) is 0 Å². The van der Waals surface area contributed by atoms with Crippen molar-refractivity contribution in [1.82, 2.24) is 9.88 Å². The molecular weight excluding hydrogens is 622 g/mol. The molecule has 0 N–H and O–H groups in total. The average molecular weight is 655 g/mol. The van der Waals surface area contributed by atoms with E-state index < -0.39 is 41.0 Å². The molecule has 1 aliphatic heterocycles. The molecule has 0 bridgehead atoms. The molecule has 1 aliphatic carbocycles. The fourth-order valence-electron chi connectivity index (χ4n) is 5.72. The summed E-state index contributed by atoms with van der Waals surface area (Å²) in [6.45, 7) is 0.714. The summed E-state index contributed by atoms with van der Waals surface area (Å²) in [5, 5.41) is 9.46. The van der Waals surface area contributed by atoms with Crippen LogP contribution in [0.4, 0.5) is 8.78 Å². The number of aliphatic imine (C=N–C) groups is 1. The van der Waals surface area contributed by atoms with Gasteiger partial charge in [-0.3, -0.25) is 9.89 Å². The molecular formula is C36H32F2N4O6. The highest BCUT2D eigenvalue weighted by molar-refractivity contribution is 5.80. The van der Waals surface area contributed by atoms with Crippen LogP contribution in [0.5, 0.6) is 34.6 Å². The lowest BCUT2D eigenvalue weighted by Crippen LogP contribution is -2.42. The Kier molecular flexibility index (Phi) is 9.50. The Bertz CT molecular complexity index is 1870. The molecule has 1 fully saturated rings. The van der Waals surface area contributed by atoms with Crippen LogP contribution in [-0.4, -0.2) is 48.4 Å². The Hall–Kier alpha value is -5.54. The third-order valence-electron chi connectivity index (χ3n) is 8.20. The molecule has 6 rings (SSSR count). The minimum Gasteiger partial charge on any atom is -0.485 e. The Morgan fingerprint density at radius 1 is 1.02 bits per heavy atom. The maximum Gasteiger partial charge on any atom is 0.350 e. The third-order valence-corrected chi connectivity index (χ3v) is 8.20. The molecule has 246 valence electrons. The average Bonchev–Trinajstić information content (AvgIpc) is 3.77. The Balaban J connectivity index is 1.31. The van der Waals surface area contributed by atoms with Gasteiger partial charge in [-0.2, -0.15) is 9.65 Å². The summed E-state index contributed by atoms with van der Waals surface area (Å²) in [5.41, 5.74) is 0.443. The van der Waals surface area contributed by atoms with Crippen LogP contribution >= 0.6 is 0 Å². The fourth-order valence-corrected chi connectivity index (χ4v) is 5.72. The van der Waals surface area contributed by atoms with Gasteiger partial charge in [0.2, 0.25) is 17.2 Å². The molecule has 2 aliphatic rings. The molecule has 4 aromatic rings. The lowest BCUT2D eigenvalue weighted by Gasteiger charge is -2.28. The number of halogens is 2. The van der Waals surface area contributed by atoms with E-state index in [1.54, 1.807) is 18.3 Å². The molecule has 1 saturated carbocycles. The van der Waals surface area contributed by atoms with Crippen molar-refractivity contribution in [3.8, 4) is 40.7 Å². The lowest BCUT2D eigenvalue weighted by molar-refractivity contribution is -0.158. The zero-order valence-corrected chi connectivity index (χ0v) is 26.3. The van der Waals surface area contributed by atoms with E-state index in [0.717, 1.165) is 24.6 Å². The van der Waals surface area contributed by atoms with Crippen molar-refractivity contribution in [2.24, 2.45) is 4.99 Å². The van der Waals surface area contributed by atoms with Crippen molar-refractivity contribution in [3.63, 3.8) is 0 Å². The number of nitriles is 1. The SMILES string of the molecule is COC(=O)C1(Oc2ccc(Oc3c(F)cnc(Oc4cc(C#N)ccc4OCc4ccccc4)c3F)c(C3N=CCN3C)c2)CCCC1. The second kappa shape index (κ2) is 14.1. The van der Waals surface area contributed by atoms with Crippen LogP contribution in [0.2, 0.25) is 0 Å². The molecule has 1 aromatic heterocycles. The maximum absolute atomic E-state index is 16.0. The van der Waals surface area contributed by atoms with Crippen molar-refractivity contribution < 1.29 is 37.3 Å². The number of esters is 1. The van der Waals surface area contributed by atoms with Gasteiger partial charge in [0.15, 0.2) is 17.3 Å². The monoisotopic (exact) mass is 654 g/mol. The number of carbonyl (C=O) groups excluding carboxylic acids is 1. The summed E-state index contributed by atoms with van der Waals surface area (Å²) < 4.78 is 60.1. The van der Waals surface area contributed by atoms with Gasteiger partial charge in [-0.1, -0.05) is 30.3 Å². The first kappa shape index (κ1) is 32.4. The van der Waals surface area contributed by atoms with Crippen molar-refractivity contribution in [1.29, 1.82) is 5.26 Å². The van der Waals surface area contributed by atoms with E-state index in [0.29, 0.717) is 30.7 Å². The second-order valence-electron chi connectivity index (χ2n) is 11.4. The number of methoxy groups -OCH3 is 1. The van der Waals surface area contributed by atoms with E-state index in [-0.39, 0.29) is 29.4 Å². The van der Waals surface area contributed by atoms with Gasteiger partial charge in [-0.15, -0.1) is 0 Å². The summed E-state index contributed by atoms with van der Waals surface area (Å²) in [4.78, 5) is 23.0. The minimum atomic E-state index is -1.21. The van der Waals surface area contributed by atoms with Crippen molar-refractivity contribution in [3.05, 3.63) is 101 Å². The van der Waals surface area contributed by atoms with Gasteiger partial charge >= 0.3 is 5.97 Å². The first-order valence-corrected chi connectivity index (χ1v) is 15.3. The van der Waals surface area contributed by atoms with Gasteiger partial charge in [-0.05, 0) is 68.6 Å². The third kappa shape index (κ3) is 6.77. The summed E-state index contributed by atoms with van der Waals surface area (Å²) in [5.74, 6) is -3.41. The van der Waals surface area contributed by atoms with E-state index in [4.69, 9.17) is 23.7 Å². The van der Waals surface area contributed by atoms with Crippen LogP contribution in [0.1, 0.15) is 48.5 Å². The normalized spacial score (nSPS) is 16.7. The number of aromatic nitrogens is 1. The second-order valence-corrected chi connectivity index (χ2v) is 11.4. The van der Waals surface area contributed by atoms with Crippen LogP contribution < -0.4 is 18.9 Å². The number of nitrogens with zero attached hydrogens (tertiary/aromatic N) is 4. The minimum absolute atomic E-state index is 0.00416. The Morgan fingerprint density at radius 2 is 1.79 bits per heavy atom. The van der Waals surface area contributed by atoms with E-state index in [9.17, 15) is 10.1 Å². The highest BCUT2D eigenvalue weighted by atomic mass is 19.1. The highest BCUT2D eigenvalue weighted by Gasteiger charge is 2.45. The number of ether oxygens (including phenoxy) is 5. The summed E-state index contributed by atoms with van der Waals surface area (Å²) in [6.07, 6.45) is 4.58. The zero-order chi connectivity index (χ0) is 33.7.